The number of nitrogens with one attached hydrogen (secondary N) is 2. The van der Waals surface area contributed by atoms with Gasteiger partial charge in [-0.05, 0) is 6.42 Å². The van der Waals surface area contributed by atoms with E-state index in [1.54, 1.807) is 11.9 Å². The van der Waals surface area contributed by atoms with Gasteiger partial charge in [0, 0.05) is 26.7 Å². The van der Waals surface area contributed by atoms with Gasteiger partial charge in [-0.25, -0.2) is 0 Å². The summed E-state index contributed by atoms with van der Waals surface area (Å²) in [5.74, 6) is 0.0597. The topological polar surface area (TPSA) is 61.4 Å². The molecule has 0 spiro atoms. The van der Waals surface area contributed by atoms with Crippen molar-refractivity contribution in [1.29, 1.82) is 0 Å². The zero-order valence-electron chi connectivity index (χ0n) is 9.38. The number of carbonyl (C=O) groups excluding carboxylic acids is 2. The van der Waals surface area contributed by atoms with Crippen molar-refractivity contribution in [2.75, 3.05) is 33.2 Å². The lowest BCUT2D eigenvalue weighted by atomic mass is 10.0. The fraction of sp³-hybridized carbons (Fsp3) is 0.800. The molecule has 15 heavy (non-hydrogen) atoms. The molecule has 2 amide bonds. The Hall–Kier alpha value is -1.10. The zero-order valence-corrected chi connectivity index (χ0v) is 9.38. The monoisotopic (exact) mass is 213 g/mol. The van der Waals surface area contributed by atoms with E-state index in [2.05, 4.69) is 10.6 Å². The van der Waals surface area contributed by atoms with E-state index in [1.165, 1.54) is 0 Å². The lowest BCUT2D eigenvalue weighted by Gasteiger charge is -2.31. The summed E-state index contributed by atoms with van der Waals surface area (Å²) in [6.07, 6.45) is 0.878. The number of hydrogen-bond acceptors (Lipinski definition) is 3. The van der Waals surface area contributed by atoms with Gasteiger partial charge in [-0.3, -0.25) is 9.59 Å². The van der Waals surface area contributed by atoms with Crippen molar-refractivity contribution < 1.29 is 9.59 Å². The summed E-state index contributed by atoms with van der Waals surface area (Å²) < 4.78 is 0. The smallest absolute Gasteiger partial charge is 0.239 e. The van der Waals surface area contributed by atoms with Crippen molar-refractivity contribution in [3.05, 3.63) is 0 Å². The molecule has 1 saturated heterocycles. The van der Waals surface area contributed by atoms with Crippen LogP contribution in [0.5, 0.6) is 0 Å². The second-order valence-corrected chi connectivity index (χ2v) is 3.79. The average Bonchev–Trinajstić information content (AvgIpc) is 2.14. The van der Waals surface area contributed by atoms with Crippen molar-refractivity contribution in [2.45, 2.75) is 13.3 Å². The zero-order chi connectivity index (χ0) is 11.3. The third-order valence-corrected chi connectivity index (χ3v) is 2.55. The van der Waals surface area contributed by atoms with Gasteiger partial charge in [-0.1, -0.05) is 6.92 Å². The highest BCUT2D eigenvalue weighted by atomic mass is 16.2. The summed E-state index contributed by atoms with van der Waals surface area (Å²) in [6.45, 7) is 4.32. The highest BCUT2D eigenvalue weighted by Gasteiger charge is 2.29. The van der Waals surface area contributed by atoms with Gasteiger partial charge in [0.15, 0.2) is 0 Å². The molecule has 1 aliphatic heterocycles. The van der Waals surface area contributed by atoms with Crippen molar-refractivity contribution in [2.24, 2.45) is 5.92 Å². The van der Waals surface area contributed by atoms with Gasteiger partial charge in [0.25, 0.3) is 0 Å². The Balaban J connectivity index is 2.47. The number of rotatable bonds is 5. The minimum Gasteiger partial charge on any atom is -0.358 e. The van der Waals surface area contributed by atoms with Crippen molar-refractivity contribution in [1.82, 2.24) is 15.5 Å². The molecule has 2 N–H and O–H groups in total. The van der Waals surface area contributed by atoms with Crippen LogP contribution in [-0.4, -0.2) is 49.9 Å². The van der Waals surface area contributed by atoms with Crippen LogP contribution in [0.1, 0.15) is 13.3 Å². The summed E-state index contributed by atoms with van der Waals surface area (Å²) in [6, 6.07) is 0. The van der Waals surface area contributed by atoms with Crippen LogP contribution in [-0.2, 0) is 9.59 Å². The molecule has 0 aromatic carbocycles. The first-order valence-electron chi connectivity index (χ1n) is 5.39. The summed E-state index contributed by atoms with van der Waals surface area (Å²) in [5, 5.41) is 5.59. The quantitative estimate of drug-likeness (QED) is 0.628. The molecule has 86 valence electrons. The molecule has 0 bridgehead atoms. The lowest BCUT2D eigenvalue weighted by Crippen LogP contribution is -2.53. The van der Waals surface area contributed by atoms with Crippen LogP contribution in [0.3, 0.4) is 0 Å². The summed E-state index contributed by atoms with van der Waals surface area (Å²) in [4.78, 5) is 24.7. The minimum absolute atomic E-state index is 0.0706. The van der Waals surface area contributed by atoms with Gasteiger partial charge in [0.05, 0.1) is 12.5 Å². The first-order valence-corrected chi connectivity index (χ1v) is 5.39. The Bertz CT molecular complexity index is 239. The minimum atomic E-state index is -0.107. The molecule has 1 rings (SSSR count). The van der Waals surface area contributed by atoms with E-state index < -0.39 is 0 Å². The van der Waals surface area contributed by atoms with Crippen LogP contribution in [0.25, 0.3) is 0 Å². The van der Waals surface area contributed by atoms with E-state index in [9.17, 15) is 9.59 Å². The van der Waals surface area contributed by atoms with Gasteiger partial charge in [0.1, 0.15) is 0 Å². The molecular formula is C10H19N3O2. The fourth-order valence-electron chi connectivity index (χ4n) is 1.51. The highest BCUT2D eigenvalue weighted by Crippen LogP contribution is 2.08. The number of carbonyl (C=O) groups is 2. The Morgan fingerprint density at radius 1 is 1.47 bits per heavy atom. The first kappa shape index (κ1) is 12.0. The average molecular weight is 213 g/mol. The summed E-state index contributed by atoms with van der Waals surface area (Å²) in [5.41, 5.74) is 0. The van der Waals surface area contributed by atoms with Crippen LogP contribution in [0.4, 0.5) is 0 Å². The molecule has 0 aromatic heterocycles. The molecule has 1 heterocycles. The predicted octanol–water partition coefficient (Wildman–Crippen LogP) is -0.810. The Kier molecular flexibility index (Phi) is 4.55. The molecule has 0 aromatic rings. The van der Waals surface area contributed by atoms with E-state index in [4.69, 9.17) is 0 Å². The second kappa shape index (κ2) is 5.70. The van der Waals surface area contributed by atoms with E-state index in [0.29, 0.717) is 6.54 Å². The van der Waals surface area contributed by atoms with Crippen LogP contribution in [0.15, 0.2) is 0 Å². The summed E-state index contributed by atoms with van der Waals surface area (Å²) in [7, 11) is 1.59. The van der Waals surface area contributed by atoms with Gasteiger partial charge in [-0.2, -0.15) is 0 Å². The van der Waals surface area contributed by atoms with Crippen LogP contribution in [0.2, 0.25) is 0 Å². The van der Waals surface area contributed by atoms with Crippen LogP contribution < -0.4 is 10.6 Å². The largest absolute Gasteiger partial charge is 0.358 e. The van der Waals surface area contributed by atoms with E-state index in [0.717, 1.165) is 19.5 Å². The molecule has 5 heteroatoms. The Morgan fingerprint density at radius 3 is 2.53 bits per heavy atom. The standard InChI is InChI=1S/C10H19N3O2/c1-3-4-13(7-9(14)11-2)10(15)8-5-12-6-8/h8,12H,3-7H2,1-2H3,(H,11,14). The van der Waals surface area contributed by atoms with Crippen molar-refractivity contribution in [3.8, 4) is 0 Å². The van der Waals surface area contributed by atoms with Crippen molar-refractivity contribution >= 4 is 11.8 Å². The highest BCUT2D eigenvalue weighted by molar-refractivity contribution is 5.86. The third kappa shape index (κ3) is 3.20. The molecule has 0 saturated carbocycles. The van der Waals surface area contributed by atoms with Crippen LogP contribution >= 0.6 is 0 Å². The molecular weight excluding hydrogens is 194 g/mol. The molecule has 0 radical (unpaired) electrons. The third-order valence-electron chi connectivity index (χ3n) is 2.55. The summed E-state index contributed by atoms with van der Waals surface area (Å²) >= 11 is 0. The maximum atomic E-state index is 11.9. The number of hydrogen-bond donors (Lipinski definition) is 2. The van der Waals surface area contributed by atoms with Gasteiger partial charge in [0.2, 0.25) is 11.8 Å². The second-order valence-electron chi connectivity index (χ2n) is 3.79. The van der Waals surface area contributed by atoms with E-state index in [-0.39, 0.29) is 24.3 Å². The SMILES string of the molecule is CCCN(CC(=O)NC)C(=O)C1CNC1. The van der Waals surface area contributed by atoms with Gasteiger partial charge >= 0.3 is 0 Å². The maximum Gasteiger partial charge on any atom is 0.239 e. The molecule has 0 unspecified atom stereocenters. The van der Waals surface area contributed by atoms with E-state index in [1.807, 2.05) is 6.92 Å². The van der Waals surface area contributed by atoms with Gasteiger partial charge < -0.3 is 15.5 Å². The lowest BCUT2D eigenvalue weighted by molar-refractivity contribution is -0.140. The molecule has 0 atom stereocenters. The fourth-order valence-corrected chi connectivity index (χ4v) is 1.51. The van der Waals surface area contributed by atoms with Gasteiger partial charge in [-0.15, -0.1) is 0 Å². The number of nitrogens with zero attached hydrogens (tertiary/aromatic N) is 1. The first-order chi connectivity index (χ1) is 7.19. The number of likely N-dealkylation sites (N-methyl/N-ethyl adjacent to an activating group) is 1. The maximum absolute atomic E-state index is 11.9. The van der Waals surface area contributed by atoms with Crippen LogP contribution in [0, 0.1) is 5.92 Å². The Morgan fingerprint density at radius 2 is 2.13 bits per heavy atom. The number of amides is 2. The molecule has 1 aliphatic rings. The Labute approximate surface area is 90.2 Å². The van der Waals surface area contributed by atoms with E-state index >= 15 is 0 Å². The molecule has 1 fully saturated rings. The molecule has 0 aliphatic carbocycles. The normalized spacial score (nSPS) is 15.6. The molecule has 5 nitrogen and oxygen atoms in total. The van der Waals surface area contributed by atoms with Crippen molar-refractivity contribution in [3.63, 3.8) is 0 Å². The predicted molar refractivity (Wildman–Crippen MR) is 57.3 cm³/mol.